The maximum Gasteiger partial charge on any atom is 0.324 e. The van der Waals surface area contributed by atoms with Crippen molar-refractivity contribution in [2.24, 2.45) is 0 Å². The lowest BCUT2D eigenvalue weighted by atomic mass is 10.2. The molecule has 5 nitrogen and oxygen atoms in total. The Morgan fingerprint density at radius 3 is 2.25 bits per heavy atom. The monoisotopic (exact) mass is 196 g/mol. The SMILES string of the molecule is CCCCC(C(=O)O)S(=O)(=O)O. The predicted molar refractivity (Wildman–Crippen MR) is 42.5 cm³/mol. The minimum absolute atomic E-state index is 0.0370. The van der Waals surface area contributed by atoms with Crippen LogP contribution in [0.3, 0.4) is 0 Å². The molecule has 12 heavy (non-hydrogen) atoms. The summed E-state index contributed by atoms with van der Waals surface area (Å²) in [5, 5.41) is 6.73. The normalized spacial score (nSPS) is 14.2. The highest BCUT2D eigenvalue weighted by atomic mass is 32.2. The first-order valence-corrected chi connectivity index (χ1v) is 5.09. The van der Waals surface area contributed by atoms with E-state index in [2.05, 4.69) is 0 Å². The summed E-state index contributed by atoms with van der Waals surface area (Å²) in [6.07, 6.45) is 1.13. The van der Waals surface area contributed by atoms with Gasteiger partial charge < -0.3 is 5.11 Å². The van der Waals surface area contributed by atoms with Gasteiger partial charge in [0.05, 0.1) is 0 Å². The molecular formula is C6H12O5S. The van der Waals surface area contributed by atoms with Gasteiger partial charge in [-0.15, -0.1) is 0 Å². The lowest BCUT2D eigenvalue weighted by Crippen LogP contribution is -2.29. The first kappa shape index (κ1) is 11.4. The van der Waals surface area contributed by atoms with Gasteiger partial charge in [0.2, 0.25) is 0 Å². The molecule has 0 aromatic heterocycles. The summed E-state index contributed by atoms with van der Waals surface area (Å²) in [6, 6.07) is 0. The number of carboxylic acid groups (broad SMARTS) is 1. The van der Waals surface area contributed by atoms with Crippen molar-refractivity contribution in [2.45, 2.75) is 31.4 Å². The summed E-state index contributed by atoms with van der Waals surface area (Å²) in [5.74, 6) is -1.49. The molecule has 0 aliphatic rings. The molecule has 0 aliphatic heterocycles. The second kappa shape index (κ2) is 4.42. The minimum atomic E-state index is -4.44. The Bertz CT molecular complexity index is 243. The van der Waals surface area contributed by atoms with Crippen molar-refractivity contribution in [3.8, 4) is 0 Å². The number of carboxylic acids is 1. The minimum Gasteiger partial charge on any atom is -0.480 e. The average molecular weight is 196 g/mol. The van der Waals surface area contributed by atoms with Crippen LogP contribution < -0.4 is 0 Å². The van der Waals surface area contributed by atoms with Crippen LogP contribution in [0.2, 0.25) is 0 Å². The molecule has 0 bridgehead atoms. The highest BCUT2D eigenvalue weighted by Gasteiger charge is 2.29. The van der Waals surface area contributed by atoms with Gasteiger partial charge in [0.15, 0.2) is 5.25 Å². The summed E-state index contributed by atoms with van der Waals surface area (Å²) < 4.78 is 29.4. The molecule has 0 saturated heterocycles. The highest BCUT2D eigenvalue weighted by molar-refractivity contribution is 7.87. The zero-order valence-corrected chi connectivity index (χ0v) is 7.54. The second-order valence-corrected chi connectivity index (χ2v) is 4.08. The lowest BCUT2D eigenvalue weighted by Gasteiger charge is -2.06. The van der Waals surface area contributed by atoms with Gasteiger partial charge in [-0.1, -0.05) is 19.8 Å². The highest BCUT2D eigenvalue weighted by Crippen LogP contribution is 2.08. The van der Waals surface area contributed by atoms with E-state index in [-0.39, 0.29) is 6.42 Å². The van der Waals surface area contributed by atoms with Crippen LogP contribution in [0.5, 0.6) is 0 Å². The van der Waals surface area contributed by atoms with Crippen LogP contribution in [0.4, 0.5) is 0 Å². The van der Waals surface area contributed by atoms with Crippen LogP contribution in [0.25, 0.3) is 0 Å². The Morgan fingerprint density at radius 2 is 2.00 bits per heavy atom. The third kappa shape index (κ3) is 3.68. The Balaban J connectivity index is 4.36. The van der Waals surface area contributed by atoms with E-state index in [4.69, 9.17) is 9.66 Å². The van der Waals surface area contributed by atoms with Gasteiger partial charge in [0.25, 0.3) is 10.1 Å². The summed E-state index contributed by atoms with van der Waals surface area (Å²) in [7, 11) is -4.44. The van der Waals surface area contributed by atoms with E-state index >= 15 is 0 Å². The molecule has 1 unspecified atom stereocenters. The standard InChI is InChI=1S/C6H12O5S/c1-2-3-4-5(6(7)8)12(9,10)11/h5H,2-4H2,1H3,(H,7,8)(H,9,10,11). The molecule has 0 saturated carbocycles. The first-order valence-electron chi connectivity index (χ1n) is 3.58. The Hall–Kier alpha value is -0.620. The van der Waals surface area contributed by atoms with Crippen molar-refractivity contribution < 1.29 is 22.9 Å². The van der Waals surface area contributed by atoms with Gasteiger partial charge in [-0.25, -0.2) is 0 Å². The molecule has 0 aliphatic carbocycles. The van der Waals surface area contributed by atoms with Crippen molar-refractivity contribution in [1.82, 2.24) is 0 Å². The predicted octanol–water partition coefficient (Wildman–Crippen LogP) is 0.518. The Morgan fingerprint density at radius 1 is 1.50 bits per heavy atom. The molecule has 1 atom stereocenters. The molecule has 0 amide bonds. The van der Waals surface area contributed by atoms with E-state index in [1.165, 1.54) is 0 Å². The van der Waals surface area contributed by atoms with Gasteiger partial charge >= 0.3 is 5.97 Å². The summed E-state index contributed by atoms with van der Waals surface area (Å²) >= 11 is 0. The zero-order chi connectivity index (χ0) is 9.78. The van der Waals surface area contributed by atoms with Crippen molar-refractivity contribution >= 4 is 16.1 Å². The van der Waals surface area contributed by atoms with Gasteiger partial charge in [-0.05, 0) is 6.42 Å². The van der Waals surface area contributed by atoms with E-state index in [0.29, 0.717) is 12.8 Å². The first-order chi connectivity index (χ1) is 5.39. The topological polar surface area (TPSA) is 91.7 Å². The van der Waals surface area contributed by atoms with E-state index in [9.17, 15) is 13.2 Å². The molecule has 6 heteroatoms. The second-order valence-electron chi connectivity index (χ2n) is 2.48. The summed E-state index contributed by atoms with van der Waals surface area (Å²) in [6.45, 7) is 1.81. The fourth-order valence-corrected chi connectivity index (χ4v) is 1.51. The average Bonchev–Trinajstić information content (AvgIpc) is 1.84. The third-order valence-corrected chi connectivity index (χ3v) is 2.61. The van der Waals surface area contributed by atoms with E-state index in [1.54, 1.807) is 0 Å². The molecule has 0 radical (unpaired) electrons. The molecule has 0 spiro atoms. The van der Waals surface area contributed by atoms with Crippen molar-refractivity contribution in [2.75, 3.05) is 0 Å². The van der Waals surface area contributed by atoms with Gasteiger partial charge in [0.1, 0.15) is 0 Å². The van der Waals surface area contributed by atoms with Gasteiger partial charge in [-0.3, -0.25) is 9.35 Å². The largest absolute Gasteiger partial charge is 0.480 e. The maximum absolute atomic E-state index is 10.5. The molecule has 0 fully saturated rings. The number of rotatable bonds is 5. The zero-order valence-electron chi connectivity index (χ0n) is 6.73. The summed E-state index contributed by atoms with van der Waals surface area (Å²) in [4.78, 5) is 10.3. The van der Waals surface area contributed by atoms with E-state index < -0.39 is 21.3 Å². The fraction of sp³-hybridized carbons (Fsp3) is 0.833. The quantitative estimate of drug-likeness (QED) is 0.625. The summed E-state index contributed by atoms with van der Waals surface area (Å²) in [5.41, 5.74) is 0. The van der Waals surface area contributed by atoms with Gasteiger partial charge in [-0.2, -0.15) is 8.42 Å². The molecule has 0 heterocycles. The Kier molecular flexibility index (Phi) is 4.19. The third-order valence-electron chi connectivity index (χ3n) is 1.45. The van der Waals surface area contributed by atoms with Crippen LogP contribution in [0.1, 0.15) is 26.2 Å². The number of hydrogen-bond acceptors (Lipinski definition) is 3. The molecule has 72 valence electrons. The molecule has 2 N–H and O–H groups in total. The van der Waals surface area contributed by atoms with Crippen LogP contribution in [-0.2, 0) is 14.9 Å². The number of carbonyl (C=O) groups is 1. The molecular weight excluding hydrogens is 184 g/mol. The van der Waals surface area contributed by atoms with Crippen molar-refractivity contribution in [3.05, 3.63) is 0 Å². The number of hydrogen-bond donors (Lipinski definition) is 2. The van der Waals surface area contributed by atoms with E-state index in [1.807, 2.05) is 6.92 Å². The van der Waals surface area contributed by atoms with Crippen LogP contribution >= 0.6 is 0 Å². The van der Waals surface area contributed by atoms with Crippen LogP contribution in [-0.4, -0.2) is 29.3 Å². The molecule has 0 aromatic carbocycles. The lowest BCUT2D eigenvalue weighted by molar-refractivity contribution is -0.136. The molecule has 0 aromatic rings. The Labute approximate surface area is 71.1 Å². The van der Waals surface area contributed by atoms with E-state index in [0.717, 1.165) is 0 Å². The smallest absolute Gasteiger partial charge is 0.324 e. The number of aliphatic carboxylic acids is 1. The van der Waals surface area contributed by atoms with Crippen LogP contribution in [0, 0.1) is 0 Å². The molecule has 0 rings (SSSR count). The van der Waals surface area contributed by atoms with Crippen molar-refractivity contribution in [1.29, 1.82) is 0 Å². The van der Waals surface area contributed by atoms with Crippen LogP contribution in [0.15, 0.2) is 0 Å². The maximum atomic E-state index is 10.5. The van der Waals surface area contributed by atoms with Crippen molar-refractivity contribution in [3.63, 3.8) is 0 Å². The number of unbranched alkanes of at least 4 members (excludes halogenated alkanes) is 1. The van der Waals surface area contributed by atoms with Gasteiger partial charge in [0, 0.05) is 0 Å². The fourth-order valence-electron chi connectivity index (χ4n) is 0.789.